The largest absolute Gasteiger partial charge is 0.360 e. The molecule has 0 aliphatic carbocycles. The van der Waals surface area contributed by atoms with Gasteiger partial charge in [0, 0.05) is 28.1 Å². The highest BCUT2D eigenvalue weighted by Crippen LogP contribution is 2.31. The number of nitrogens with one attached hydrogen (secondary N) is 1. The van der Waals surface area contributed by atoms with Crippen LogP contribution in [-0.2, 0) is 0 Å². The molecule has 0 bridgehead atoms. The molecule has 108 valence electrons. The number of H-pyrrole nitrogens is 1. The Morgan fingerprint density at radius 1 is 0.909 bits per heavy atom. The molecule has 0 atom stereocenters. The van der Waals surface area contributed by atoms with E-state index in [4.69, 9.17) is 0 Å². The van der Waals surface area contributed by atoms with Crippen LogP contribution in [-0.4, -0.2) is 9.97 Å². The molecule has 2 aromatic carbocycles. The second kappa shape index (κ2) is 4.63. The summed E-state index contributed by atoms with van der Waals surface area (Å²) in [5.41, 5.74) is 3.55. The molecular formula is C18H12F2N2. The highest BCUT2D eigenvalue weighted by atomic mass is 19.1. The van der Waals surface area contributed by atoms with Crippen molar-refractivity contribution in [1.82, 2.24) is 9.97 Å². The minimum Gasteiger partial charge on any atom is -0.360 e. The second-order valence-electron chi connectivity index (χ2n) is 5.30. The molecule has 0 amide bonds. The Morgan fingerprint density at radius 3 is 2.59 bits per heavy atom. The van der Waals surface area contributed by atoms with E-state index in [9.17, 15) is 8.78 Å². The van der Waals surface area contributed by atoms with Crippen molar-refractivity contribution in [3.8, 4) is 11.3 Å². The smallest absolute Gasteiger partial charge is 0.132 e. The Bertz CT molecular complexity index is 1020. The molecule has 0 radical (unpaired) electrons. The standard InChI is InChI=1S/C18H12F2N2/c1-10-14(19)7-5-11-13(9-21-18(10)11)17-8-6-12-15(20)3-2-4-16(12)22-17/h2-9,21H,1H3. The van der Waals surface area contributed by atoms with Gasteiger partial charge in [0.25, 0.3) is 0 Å². The number of benzene rings is 2. The van der Waals surface area contributed by atoms with Crippen LogP contribution in [0.1, 0.15) is 5.56 Å². The summed E-state index contributed by atoms with van der Waals surface area (Å²) >= 11 is 0. The third-order valence-electron chi connectivity index (χ3n) is 4.00. The predicted octanol–water partition coefficient (Wildman–Crippen LogP) is 4.97. The van der Waals surface area contributed by atoms with Crippen LogP contribution in [0, 0.1) is 18.6 Å². The van der Waals surface area contributed by atoms with Crippen molar-refractivity contribution in [1.29, 1.82) is 0 Å². The quantitative estimate of drug-likeness (QED) is 0.527. The van der Waals surface area contributed by atoms with E-state index in [1.165, 1.54) is 12.1 Å². The summed E-state index contributed by atoms with van der Waals surface area (Å²) in [5.74, 6) is -0.525. The number of aromatic amines is 1. The summed E-state index contributed by atoms with van der Waals surface area (Å²) in [6.07, 6.45) is 1.81. The lowest BCUT2D eigenvalue weighted by Crippen LogP contribution is -1.87. The Labute approximate surface area is 125 Å². The van der Waals surface area contributed by atoms with Crippen LogP contribution in [0.2, 0.25) is 0 Å². The van der Waals surface area contributed by atoms with Gasteiger partial charge in [-0.05, 0) is 43.3 Å². The van der Waals surface area contributed by atoms with E-state index in [1.807, 2.05) is 6.20 Å². The number of aromatic nitrogens is 2. The van der Waals surface area contributed by atoms with E-state index in [1.54, 1.807) is 37.3 Å². The van der Waals surface area contributed by atoms with Gasteiger partial charge in [0.05, 0.1) is 16.7 Å². The van der Waals surface area contributed by atoms with Gasteiger partial charge < -0.3 is 4.98 Å². The van der Waals surface area contributed by atoms with E-state index in [0.29, 0.717) is 16.5 Å². The van der Waals surface area contributed by atoms with Crippen LogP contribution in [0.25, 0.3) is 33.1 Å². The predicted molar refractivity (Wildman–Crippen MR) is 83.7 cm³/mol. The SMILES string of the molecule is Cc1c(F)ccc2c(-c3ccc4c(F)cccc4n3)c[nH]c12. The first kappa shape index (κ1) is 13.0. The van der Waals surface area contributed by atoms with E-state index in [2.05, 4.69) is 9.97 Å². The molecule has 0 aliphatic rings. The van der Waals surface area contributed by atoms with Gasteiger partial charge in [0.15, 0.2) is 0 Å². The topological polar surface area (TPSA) is 28.7 Å². The highest BCUT2D eigenvalue weighted by Gasteiger charge is 2.12. The number of hydrogen-bond acceptors (Lipinski definition) is 1. The summed E-state index contributed by atoms with van der Waals surface area (Å²) < 4.78 is 27.4. The normalized spacial score (nSPS) is 11.4. The fourth-order valence-corrected chi connectivity index (χ4v) is 2.80. The zero-order chi connectivity index (χ0) is 15.3. The molecule has 4 heteroatoms. The van der Waals surface area contributed by atoms with Crippen molar-refractivity contribution in [2.75, 3.05) is 0 Å². The zero-order valence-electron chi connectivity index (χ0n) is 11.8. The molecular weight excluding hydrogens is 282 g/mol. The molecule has 4 rings (SSSR count). The van der Waals surface area contributed by atoms with E-state index >= 15 is 0 Å². The maximum absolute atomic E-state index is 13.7. The molecule has 0 saturated carbocycles. The minimum atomic E-state index is -0.284. The number of halogens is 2. The average Bonchev–Trinajstić information content (AvgIpc) is 2.95. The van der Waals surface area contributed by atoms with Gasteiger partial charge in [0.2, 0.25) is 0 Å². The molecule has 2 aromatic heterocycles. The molecule has 0 saturated heterocycles. The van der Waals surface area contributed by atoms with Crippen LogP contribution in [0.5, 0.6) is 0 Å². The molecule has 4 aromatic rings. The first-order valence-electron chi connectivity index (χ1n) is 6.97. The van der Waals surface area contributed by atoms with E-state index in [-0.39, 0.29) is 11.6 Å². The van der Waals surface area contributed by atoms with Gasteiger partial charge in [-0.1, -0.05) is 6.07 Å². The van der Waals surface area contributed by atoms with Gasteiger partial charge in [-0.25, -0.2) is 13.8 Å². The average molecular weight is 294 g/mol. The second-order valence-corrected chi connectivity index (χ2v) is 5.30. The molecule has 0 fully saturated rings. The molecule has 1 N–H and O–H groups in total. The Morgan fingerprint density at radius 2 is 1.73 bits per heavy atom. The van der Waals surface area contributed by atoms with Gasteiger partial charge in [-0.15, -0.1) is 0 Å². The fraction of sp³-hybridized carbons (Fsp3) is 0.0556. The van der Waals surface area contributed by atoms with Gasteiger partial charge in [-0.2, -0.15) is 0 Å². The number of pyridine rings is 1. The molecule has 22 heavy (non-hydrogen) atoms. The van der Waals surface area contributed by atoms with Gasteiger partial charge in [-0.3, -0.25) is 0 Å². The first-order chi connectivity index (χ1) is 10.6. The number of hydrogen-bond donors (Lipinski definition) is 1. The van der Waals surface area contributed by atoms with Crippen LogP contribution in [0.4, 0.5) is 8.78 Å². The first-order valence-corrected chi connectivity index (χ1v) is 6.97. The Balaban J connectivity index is 1.97. The summed E-state index contributed by atoms with van der Waals surface area (Å²) in [7, 11) is 0. The van der Waals surface area contributed by atoms with Crippen LogP contribution in [0.15, 0.2) is 48.7 Å². The lowest BCUT2D eigenvalue weighted by molar-refractivity contribution is 0.620. The van der Waals surface area contributed by atoms with E-state index < -0.39 is 0 Å². The molecule has 0 unspecified atom stereocenters. The minimum absolute atomic E-state index is 0.241. The van der Waals surface area contributed by atoms with E-state index in [0.717, 1.165) is 22.2 Å². The van der Waals surface area contributed by atoms with Crippen LogP contribution >= 0.6 is 0 Å². The van der Waals surface area contributed by atoms with Crippen molar-refractivity contribution in [2.24, 2.45) is 0 Å². The highest BCUT2D eigenvalue weighted by molar-refractivity contribution is 5.97. The van der Waals surface area contributed by atoms with Crippen molar-refractivity contribution in [2.45, 2.75) is 6.92 Å². The summed E-state index contributed by atoms with van der Waals surface area (Å²) in [5, 5.41) is 1.40. The molecule has 0 spiro atoms. The monoisotopic (exact) mass is 294 g/mol. The lowest BCUT2D eigenvalue weighted by atomic mass is 10.1. The zero-order valence-corrected chi connectivity index (χ0v) is 11.8. The Hall–Kier alpha value is -2.75. The van der Waals surface area contributed by atoms with Crippen molar-refractivity contribution >= 4 is 21.8 Å². The number of aryl methyl sites for hydroxylation is 1. The van der Waals surface area contributed by atoms with Crippen molar-refractivity contribution in [3.63, 3.8) is 0 Å². The molecule has 0 aliphatic heterocycles. The number of fused-ring (bicyclic) bond motifs is 2. The van der Waals surface area contributed by atoms with Crippen molar-refractivity contribution < 1.29 is 8.78 Å². The fourth-order valence-electron chi connectivity index (χ4n) is 2.80. The van der Waals surface area contributed by atoms with Crippen molar-refractivity contribution in [3.05, 3.63) is 65.9 Å². The maximum Gasteiger partial charge on any atom is 0.132 e. The molecule has 2 heterocycles. The number of nitrogens with zero attached hydrogens (tertiary/aromatic N) is 1. The Kier molecular flexibility index (Phi) is 2.73. The third kappa shape index (κ3) is 1.80. The maximum atomic E-state index is 13.7. The lowest BCUT2D eigenvalue weighted by Gasteiger charge is -2.04. The van der Waals surface area contributed by atoms with Gasteiger partial charge in [0.1, 0.15) is 11.6 Å². The summed E-state index contributed by atoms with van der Waals surface area (Å²) in [6, 6.07) is 11.5. The number of rotatable bonds is 1. The van der Waals surface area contributed by atoms with Crippen LogP contribution in [0.3, 0.4) is 0 Å². The third-order valence-corrected chi connectivity index (χ3v) is 4.00. The van der Waals surface area contributed by atoms with Gasteiger partial charge >= 0.3 is 0 Å². The van der Waals surface area contributed by atoms with Crippen LogP contribution < -0.4 is 0 Å². The summed E-state index contributed by atoms with van der Waals surface area (Å²) in [6.45, 7) is 1.74. The summed E-state index contributed by atoms with van der Waals surface area (Å²) in [4.78, 5) is 7.63. The molecule has 2 nitrogen and oxygen atoms in total.